The van der Waals surface area contributed by atoms with Crippen molar-refractivity contribution in [3.05, 3.63) is 29.3 Å². The van der Waals surface area contributed by atoms with E-state index in [1.807, 2.05) is 30.1 Å². The van der Waals surface area contributed by atoms with Crippen LogP contribution in [0.1, 0.15) is 46.5 Å². The Balaban J connectivity index is 1.52. The van der Waals surface area contributed by atoms with Gasteiger partial charge in [0.1, 0.15) is 17.9 Å². The standard InChI is InChI=1S/C22H32ClN3O3/c1-21(2,3)16-9-11-22(12-10-16)19(27)26(20(28)24-22)15-25(4)13-14-29-18-8-6-5-7-17(18)23/h5-8,16H,9-15H2,1-4H3,(H,24,28). The predicted octanol–water partition coefficient (Wildman–Crippen LogP) is 4.14. The SMILES string of the molecule is CN(CCOc1ccccc1Cl)CN1C(=O)NC2(CCC(C(C)(C)C)CC2)C1=O. The van der Waals surface area contributed by atoms with Crippen LogP contribution in [0, 0.1) is 11.3 Å². The van der Waals surface area contributed by atoms with Crippen LogP contribution >= 0.6 is 11.6 Å². The number of benzene rings is 1. The maximum absolute atomic E-state index is 13.1. The van der Waals surface area contributed by atoms with Gasteiger partial charge < -0.3 is 10.1 Å². The first-order chi connectivity index (χ1) is 13.6. The van der Waals surface area contributed by atoms with Gasteiger partial charge in [0.2, 0.25) is 0 Å². The zero-order valence-corrected chi connectivity index (χ0v) is 18.6. The number of para-hydroxylation sites is 1. The zero-order valence-electron chi connectivity index (χ0n) is 17.8. The molecule has 0 unspecified atom stereocenters. The van der Waals surface area contributed by atoms with E-state index in [9.17, 15) is 9.59 Å². The van der Waals surface area contributed by atoms with E-state index in [0.29, 0.717) is 29.8 Å². The van der Waals surface area contributed by atoms with Crippen LogP contribution in [0.3, 0.4) is 0 Å². The number of nitrogens with zero attached hydrogens (tertiary/aromatic N) is 2. The van der Waals surface area contributed by atoms with E-state index in [4.69, 9.17) is 16.3 Å². The van der Waals surface area contributed by atoms with Crippen molar-refractivity contribution in [3.63, 3.8) is 0 Å². The number of likely N-dealkylation sites (N-methyl/N-ethyl adjacent to an activating group) is 1. The molecule has 1 aliphatic carbocycles. The minimum absolute atomic E-state index is 0.0891. The lowest BCUT2D eigenvalue weighted by Crippen LogP contribution is -2.51. The third-order valence-electron chi connectivity index (χ3n) is 6.26. The Morgan fingerprint density at radius 2 is 1.90 bits per heavy atom. The fourth-order valence-electron chi connectivity index (χ4n) is 4.31. The predicted molar refractivity (Wildman–Crippen MR) is 114 cm³/mol. The summed E-state index contributed by atoms with van der Waals surface area (Å²) in [5.74, 6) is 1.12. The lowest BCUT2D eigenvalue weighted by Gasteiger charge is -2.40. The summed E-state index contributed by atoms with van der Waals surface area (Å²) < 4.78 is 5.70. The van der Waals surface area contributed by atoms with Gasteiger partial charge in [-0.3, -0.25) is 9.69 Å². The van der Waals surface area contributed by atoms with Gasteiger partial charge in [0, 0.05) is 6.54 Å². The first kappa shape index (κ1) is 21.9. The van der Waals surface area contributed by atoms with Gasteiger partial charge in [0.15, 0.2) is 0 Å². The molecule has 1 saturated carbocycles. The molecule has 0 bridgehead atoms. The molecule has 3 rings (SSSR count). The van der Waals surface area contributed by atoms with Crippen molar-refractivity contribution >= 4 is 23.5 Å². The highest BCUT2D eigenvalue weighted by molar-refractivity contribution is 6.32. The van der Waals surface area contributed by atoms with Crippen molar-refractivity contribution in [1.29, 1.82) is 0 Å². The van der Waals surface area contributed by atoms with Crippen LogP contribution in [0.5, 0.6) is 5.75 Å². The van der Waals surface area contributed by atoms with E-state index in [1.165, 1.54) is 4.90 Å². The molecule has 2 fully saturated rings. The number of rotatable bonds is 6. The summed E-state index contributed by atoms with van der Waals surface area (Å²) in [6, 6.07) is 7.03. The van der Waals surface area contributed by atoms with Gasteiger partial charge in [-0.25, -0.2) is 9.69 Å². The number of ether oxygens (including phenoxy) is 1. The minimum atomic E-state index is -0.715. The highest BCUT2D eigenvalue weighted by Crippen LogP contribution is 2.43. The Labute approximate surface area is 178 Å². The molecule has 0 aromatic heterocycles. The molecule has 1 aromatic carbocycles. The molecule has 29 heavy (non-hydrogen) atoms. The molecule has 0 atom stereocenters. The molecule has 1 saturated heterocycles. The summed E-state index contributed by atoms with van der Waals surface area (Å²) in [5.41, 5.74) is -0.484. The molecule has 0 radical (unpaired) electrons. The van der Waals surface area contributed by atoms with Crippen molar-refractivity contribution < 1.29 is 14.3 Å². The number of imide groups is 1. The van der Waals surface area contributed by atoms with Crippen molar-refractivity contribution in [2.75, 3.05) is 26.9 Å². The fourth-order valence-corrected chi connectivity index (χ4v) is 4.50. The number of amides is 3. The molecular weight excluding hydrogens is 390 g/mol. The number of carbonyl (C=O) groups is 2. The van der Waals surface area contributed by atoms with E-state index >= 15 is 0 Å². The van der Waals surface area contributed by atoms with Gasteiger partial charge in [-0.05, 0) is 56.2 Å². The first-order valence-corrected chi connectivity index (χ1v) is 10.7. The Hall–Kier alpha value is -1.79. The van der Waals surface area contributed by atoms with Gasteiger partial charge in [-0.1, -0.05) is 44.5 Å². The number of urea groups is 1. The molecule has 1 aromatic rings. The summed E-state index contributed by atoms with van der Waals surface area (Å²) >= 11 is 6.09. The molecule has 3 amide bonds. The van der Waals surface area contributed by atoms with E-state index in [0.717, 1.165) is 25.7 Å². The van der Waals surface area contributed by atoms with Crippen molar-refractivity contribution in [3.8, 4) is 5.75 Å². The lowest BCUT2D eigenvalue weighted by atomic mass is 9.67. The molecule has 6 nitrogen and oxygen atoms in total. The monoisotopic (exact) mass is 421 g/mol. The second-order valence-electron chi connectivity index (χ2n) is 9.39. The fraction of sp³-hybridized carbons (Fsp3) is 0.636. The highest BCUT2D eigenvalue weighted by Gasteiger charge is 2.53. The van der Waals surface area contributed by atoms with Crippen LogP contribution in [0.25, 0.3) is 0 Å². The highest BCUT2D eigenvalue weighted by atomic mass is 35.5. The zero-order chi connectivity index (χ0) is 21.2. The summed E-state index contributed by atoms with van der Waals surface area (Å²) in [6.45, 7) is 7.98. The second kappa shape index (κ2) is 8.52. The number of halogens is 1. The van der Waals surface area contributed by atoms with Crippen molar-refractivity contribution in [2.24, 2.45) is 11.3 Å². The topological polar surface area (TPSA) is 61.9 Å². The number of hydrogen-bond donors (Lipinski definition) is 1. The molecule has 1 heterocycles. The van der Waals surface area contributed by atoms with E-state index in [2.05, 4.69) is 26.1 Å². The average Bonchev–Trinajstić information content (AvgIpc) is 2.87. The minimum Gasteiger partial charge on any atom is -0.491 e. The normalized spacial score (nSPS) is 25.0. The number of nitrogens with one attached hydrogen (secondary N) is 1. The smallest absolute Gasteiger partial charge is 0.326 e. The molecular formula is C22H32ClN3O3. The molecule has 1 spiro atoms. The third kappa shape index (κ3) is 4.86. The van der Waals surface area contributed by atoms with Crippen molar-refractivity contribution in [2.45, 2.75) is 52.0 Å². The van der Waals surface area contributed by atoms with Gasteiger partial charge in [-0.15, -0.1) is 0 Å². The van der Waals surface area contributed by atoms with E-state index < -0.39 is 5.54 Å². The second-order valence-corrected chi connectivity index (χ2v) is 9.79. The molecule has 2 aliphatic rings. The van der Waals surface area contributed by atoms with Gasteiger partial charge in [-0.2, -0.15) is 0 Å². The average molecular weight is 422 g/mol. The molecule has 1 aliphatic heterocycles. The summed E-state index contributed by atoms with van der Waals surface area (Å²) in [4.78, 5) is 28.9. The largest absolute Gasteiger partial charge is 0.491 e. The maximum atomic E-state index is 13.1. The van der Waals surface area contributed by atoms with Crippen LogP contribution < -0.4 is 10.1 Å². The third-order valence-corrected chi connectivity index (χ3v) is 6.57. The van der Waals surface area contributed by atoms with Gasteiger partial charge in [0.05, 0.1) is 11.7 Å². The Bertz CT molecular complexity index is 754. The summed E-state index contributed by atoms with van der Waals surface area (Å²) in [5, 5.41) is 3.56. The summed E-state index contributed by atoms with van der Waals surface area (Å²) in [7, 11) is 1.87. The number of carbonyl (C=O) groups excluding carboxylic acids is 2. The van der Waals surface area contributed by atoms with Gasteiger partial charge in [0.25, 0.3) is 5.91 Å². The summed E-state index contributed by atoms with van der Waals surface area (Å²) in [6.07, 6.45) is 3.36. The van der Waals surface area contributed by atoms with Crippen molar-refractivity contribution in [1.82, 2.24) is 15.1 Å². The van der Waals surface area contributed by atoms with E-state index in [-0.39, 0.29) is 24.0 Å². The lowest BCUT2D eigenvalue weighted by molar-refractivity contribution is -0.134. The van der Waals surface area contributed by atoms with Crippen LogP contribution in [0.2, 0.25) is 5.02 Å². The quantitative estimate of drug-likeness (QED) is 0.701. The van der Waals surface area contributed by atoms with E-state index in [1.54, 1.807) is 6.07 Å². The maximum Gasteiger partial charge on any atom is 0.326 e. The first-order valence-electron chi connectivity index (χ1n) is 10.3. The van der Waals surface area contributed by atoms with Crippen LogP contribution in [0.4, 0.5) is 4.79 Å². The Kier molecular flexibility index (Phi) is 6.44. The Morgan fingerprint density at radius 3 is 2.52 bits per heavy atom. The van der Waals surface area contributed by atoms with Gasteiger partial charge >= 0.3 is 6.03 Å². The molecule has 7 heteroatoms. The number of hydrogen-bond acceptors (Lipinski definition) is 4. The van der Waals surface area contributed by atoms with Crippen LogP contribution in [-0.4, -0.2) is 54.1 Å². The van der Waals surface area contributed by atoms with Crippen LogP contribution in [-0.2, 0) is 4.79 Å². The molecule has 1 N–H and O–H groups in total. The van der Waals surface area contributed by atoms with Crippen LogP contribution in [0.15, 0.2) is 24.3 Å². The Morgan fingerprint density at radius 1 is 1.24 bits per heavy atom. The molecule has 160 valence electrons.